The van der Waals surface area contributed by atoms with Crippen LogP contribution in [0.4, 0.5) is 4.79 Å². The highest BCUT2D eigenvalue weighted by Crippen LogP contribution is 2.26. The highest BCUT2D eigenvalue weighted by Gasteiger charge is 2.38. The zero-order valence-electron chi connectivity index (χ0n) is 15.9. The van der Waals surface area contributed by atoms with Crippen LogP contribution in [0.1, 0.15) is 16.1 Å². The van der Waals surface area contributed by atoms with Gasteiger partial charge < -0.3 is 9.15 Å². The number of furan rings is 1. The van der Waals surface area contributed by atoms with Crippen LogP contribution >= 0.6 is 0 Å². The van der Waals surface area contributed by atoms with E-state index in [1.807, 2.05) is 0 Å². The number of hydrogen-bond acceptors (Lipinski definition) is 6. The molecule has 1 aliphatic rings. The lowest BCUT2D eigenvalue weighted by Crippen LogP contribution is -2.52. The fourth-order valence-corrected chi connectivity index (χ4v) is 2.72. The van der Waals surface area contributed by atoms with Crippen LogP contribution in [0.3, 0.4) is 0 Å². The Labute approximate surface area is 166 Å². The summed E-state index contributed by atoms with van der Waals surface area (Å²) in [6.07, 6.45) is 2.76. The Hall–Kier alpha value is -3.94. The van der Waals surface area contributed by atoms with Gasteiger partial charge in [-0.15, -0.1) is 0 Å². The summed E-state index contributed by atoms with van der Waals surface area (Å²) in [5, 5.41) is 0. The Morgan fingerprint density at radius 2 is 1.79 bits per heavy atom. The lowest BCUT2D eigenvalue weighted by molar-refractivity contribution is -0.134. The van der Waals surface area contributed by atoms with Crippen molar-refractivity contribution in [3.63, 3.8) is 0 Å². The van der Waals surface area contributed by atoms with Crippen LogP contribution in [0.5, 0.6) is 0 Å². The number of esters is 1. The Morgan fingerprint density at radius 3 is 2.45 bits per heavy atom. The number of urea groups is 1. The first kappa shape index (κ1) is 19.8. The van der Waals surface area contributed by atoms with E-state index < -0.39 is 23.8 Å². The van der Waals surface area contributed by atoms with Crippen molar-refractivity contribution in [2.45, 2.75) is 0 Å². The fraction of sp³-hybridized carbons (Fsp3) is 0.143. The van der Waals surface area contributed by atoms with Crippen molar-refractivity contribution in [3.8, 4) is 11.3 Å². The van der Waals surface area contributed by atoms with Gasteiger partial charge in [0.15, 0.2) is 0 Å². The maximum absolute atomic E-state index is 12.3. The van der Waals surface area contributed by atoms with Crippen LogP contribution in [0.25, 0.3) is 17.4 Å². The molecule has 29 heavy (non-hydrogen) atoms. The van der Waals surface area contributed by atoms with E-state index in [4.69, 9.17) is 9.15 Å². The molecule has 0 aliphatic carbocycles. The van der Waals surface area contributed by atoms with Gasteiger partial charge in [0.2, 0.25) is 0 Å². The molecule has 8 heteroatoms. The monoisotopic (exact) mass is 394 g/mol. The van der Waals surface area contributed by atoms with E-state index in [0.29, 0.717) is 16.9 Å². The molecule has 0 radical (unpaired) electrons. The van der Waals surface area contributed by atoms with Gasteiger partial charge in [-0.1, -0.05) is 24.8 Å². The molecule has 0 spiro atoms. The number of ether oxygens (including phenoxy) is 1. The van der Waals surface area contributed by atoms with Gasteiger partial charge >= 0.3 is 12.0 Å². The first-order valence-electron chi connectivity index (χ1n) is 8.63. The molecule has 2 aromatic rings. The predicted molar refractivity (Wildman–Crippen MR) is 104 cm³/mol. The third-order valence-corrected chi connectivity index (χ3v) is 4.27. The number of benzene rings is 1. The summed E-state index contributed by atoms with van der Waals surface area (Å²) in [5.74, 6) is -1.21. The van der Waals surface area contributed by atoms with Crippen LogP contribution in [-0.2, 0) is 14.3 Å². The van der Waals surface area contributed by atoms with Crippen molar-refractivity contribution in [2.75, 3.05) is 20.7 Å². The Balaban J connectivity index is 1.88. The molecule has 8 nitrogen and oxygen atoms in total. The maximum atomic E-state index is 12.3. The average molecular weight is 394 g/mol. The summed E-state index contributed by atoms with van der Waals surface area (Å²) in [6, 6.07) is 9.19. The molecule has 1 aromatic heterocycles. The number of hydrogen-bond donors (Lipinski definition) is 0. The van der Waals surface area contributed by atoms with E-state index >= 15 is 0 Å². The topological polar surface area (TPSA) is 97.1 Å². The van der Waals surface area contributed by atoms with Gasteiger partial charge in [-0.05, 0) is 30.3 Å². The smallest absolute Gasteiger partial charge is 0.338 e. The quantitative estimate of drug-likeness (QED) is 0.335. The van der Waals surface area contributed by atoms with Crippen LogP contribution in [-0.4, -0.2) is 54.3 Å². The molecule has 0 atom stereocenters. The number of imide groups is 2. The lowest BCUT2D eigenvalue weighted by Gasteiger charge is -2.28. The zero-order chi connectivity index (χ0) is 21.1. The van der Waals surface area contributed by atoms with Gasteiger partial charge in [0.05, 0.1) is 5.56 Å². The van der Waals surface area contributed by atoms with Crippen LogP contribution in [0.2, 0.25) is 0 Å². The normalized spacial score (nSPS) is 14.3. The second-order valence-electron chi connectivity index (χ2n) is 6.24. The number of nitrogens with zero attached hydrogens (tertiary/aromatic N) is 2. The Morgan fingerprint density at radius 1 is 1.10 bits per heavy atom. The molecule has 0 bridgehead atoms. The standard InChI is InChI=1S/C21H18N2O6/c1-4-10-28-20(26)14-7-5-6-13(11-14)17-9-8-15(29-17)12-16-18(24)22(2)21(27)23(3)19(16)25/h4-9,11-12H,1,10H2,2-3H3. The van der Waals surface area contributed by atoms with E-state index in [-0.39, 0.29) is 17.9 Å². The van der Waals surface area contributed by atoms with E-state index in [1.54, 1.807) is 36.4 Å². The summed E-state index contributed by atoms with van der Waals surface area (Å²) in [4.78, 5) is 50.0. The summed E-state index contributed by atoms with van der Waals surface area (Å²) in [6.45, 7) is 3.60. The minimum atomic E-state index is -0.706. The third-order valence-electron chi connectivity index (χ3n) is 4.27. The zero-order valence-corrected chi connectivity index (χ0v) is 15.9. The van der Waals surface area contributed by atoms with Crippen molar-refractivity contribution < 1.29 is 28.3 Å². The van der Waals surface area contributed by atoms with Crippen molar-refractivity contribution >= 4 is 29.9 Å². The molecule has 1 aromatic carbocycles. The molecule has 148 valence electrons. The minimum absolute atomic E-state index is 0.106. The Bertz CT molecular complexity index is 1020. The molecule has 4 amide bonds. The van der Waals surface area contributed by atoms with E-state index in [9.17, 15) is 19.2 Å². The molecular formula is C21H18N2O6. The molecule has 1 saturated heterocycles. The van der Waals surface area contributed by atoms with Gasteiger partial charge in [0.25, 0.3) is 11.8 Å². The van der Waals surface area contributed by atoms with Crippen molar-refractivity contribution in [1.29, 1.82) is 0 Å². The SMILES string of the molecule is C=CCOC(=O)c1cccc(-c2ccc(C=C3C(=O)N(C)C(=O)N(C)C3=O)o2)c1. The molecule has 0 unspecified atom stereocenters. The van der Waals surface area contributed by atoms with E-state index in [0.717, 1.165) is 9.80 Å². The van der Waals surface area contributed by atoms with E-state index in [1.165, 1.54) is 26.2 Å². The number of rotatable bonds is 5. The summed E-state index contributed by atoms with van der Waals surface area (Å²) in [7, 11) is 2.60. The van der Waals surface area contributed by atoms with Crippen LogP contribution in [0, 0.1) is 0 Å². The second-order valence-corrected chi connectivity index (χ2v) is 6.24. The number of carbonyl (C=O) groups is 4. The maximum Gasteiger partial charge on any atom is 0.338 e. The molecular weight excluding hydrogens is 376 g/mol. The molecule has 1 fully saturated rings. The second kappa shape index (κ2) is 7.97. The predicted octanol–water partition coefficient (Wildman–Crippen LogP) is 2.72. The summed E-state index contributed by atoms with van der Waals surface area (Å²) < 4.78 is 10.7. The van der Waals surface area contributed by atoms with Crippen molar-refractivity contribution in [2.24, 2.45) is 0 Å². The van der Waals surface area contributed by atoms with Crippen molar-refractivity contribution in [3.05, 3.63) is 65.9 Å². The van der Waals surface area contributed by atoms with Gasteiger partial charge in [-0.3, -0.25) is 19.4 Å². The highest BCUT2D eigenvalue weighted by molar-refractivity contribution is 6.30. The lowest BCUT2D eigenvalue weighted by atomic mass is 10.1. The number of carbonyl (C=O) groups excluding carboxylic acids is 4. The summed E-state index contributed by atoms with van der Waals surface area (Å²) in [5.41, 5.74) is 0.783. The first-order chi connectivity index (χ1) is 13.8. The minimum Gasteiger partial charge on any atom is -0.458 e. The van der Waals surface area contributed by atoms with Gasteiger partial charge in [-0.2, -0.15) is 0 Å². The van der Waals surface area contributed by atoms with Crippen molar-refractivity contribution in [1.82, 2.24) is 9.80 Å². The molecule has 0 N–H and O–H groups in total. The molecule has 2 heterocycles. The van der Waals surface area contributed by atoms with Crippen LogP contribution < -0.4 is 0 Å². The average Bonchev–Trinajstić information content (AvgIpc) is 3.21. The molecule has 0 saturated carbocycles. The number of amides is 4. The van der Waals surface area contributed by atoms with Gasteiger partial charge in [-0.25, -0.2) is 9.59 Å². The third kappa shape index (κ3) is 3.86. The van der Waals surface area contributed by atoms with Gasteiger partial charge in [0, 0.05) is 19.7 Å². The summed E-state index contributed by atoms with van der Waals surface area (Å²) >= 11 is 0. The highest BCUT2D eigenvalue weighted by atomic mass is 16.5. The van der Waals surface area contributed by atoms with E-state index in [2.05, 4.69) is 6.58 Å². The Kier molecular flexibility index (Phi) is 5.45. The molecule has 1 aliphatic heterocycles. The number of likely N-dealkylation sites (N-methyl/N-ethyl adjacent to an activating group) is 2. The van der Waals surface area contributed by atoms with Crippen LogP contribution in [0.15, 0.2) is 59.0 Å². The number of barbiturate groups is 1. The first-order valence-corrected chi connectivity index (χ1v) is 8.63. The van der Waals surface area contributed by atoms with Gasteiger partial charge in [0.1, 0.15) is 23.7 Å². The fourth-order valence-electron chi connectivity index (χ4n) is 2.72. The molecule has 3 rings (SSSR count). The largest absolute Gasteiger partial charge is 0.458 e.